The Morgan fingerprint density at radius 2 is 2.47 bits per heavy atom. The van der Waals surface area contributed by atoms with Crippen molar-refractivity contribution in [3.8, 4) is 0 Å². The quantitative estimate of drug-likeness (QED) is 0.683. The van der Waals surface area contributed by atoms with Crippen molar-refractivity contribution in [3.63, 3.8) is 0 Å². The number of amides is 1. The van der Waals surface area contributed by atoms with Crippen molar-refractivity contribution in [3.05, 3.63) is 0 Å². The van der Waals surface area contributed by atoms with Crippen LogP contribution in [0.4, 0.5) is 0 Å². The Labute approximate surface area is 91.8 Å². The smallest absolute Gasteiger partial charge is 0.220 e. The second-order valence-corrected chi connectivity index (χ2v) is 4.18. The number of methoxy groups -OCH3 is 1. The molecule has 1 heterocycles. The van der Waals surface area contributed by atoms with Gasteiger partial charge in [0.25, 0.3) is 0 Å². The summed E-state index contributed by atoms with van der Waals surface area (Å²) in [6, 6.07) is 0.551. The van der Waals surface area contributed by atoms with E-state index in [1.807, 2.05) is 6.92 Å². The van der Waals surface area contributed by atoms with Gasteiger partial charge in [0, 0.05) is 26.1 Å². The maximum atomic E-state index is 11.4. The minimum Gasteiger partial charge on any atom is -0.380 e. The van der Waals surface area contributed by atoms with Gasteiger partial charge < -0.3 is 15.4 Å². The van der Waals surface area contributed by atoms with Crippen LogP contribution < -0.4 is 10.6 Å². The molecule has 0 bridgehead atoms. The van der Waals surface area contributed by atoms with Crippen molar-refractivity contribution >= 4 is 5.91 Å². The molecule has 1 saturated heterocycles. The predicted octanol–water partition coefficient (Wildman–Crippen LogP) is 0.670. The fraction of sp³-hybridized carbons (Fsp3) is 0.909. The van der Waals surface area contributed by atoms with E-state index in [1.54, 1.807) is 7.11 Å². The number of carbonyl (C=O) groups excluding carboxylic acids is 1. The molecular weight excluding hydrogens is 192 g/mol. The van der Waals surface area contributed by atoms with Gasteiger partial charge in [-0.25, -0.2) is 0 Å². The van der Waals surface area contributed by atoms with E-state index < -0.39 is 0 Å². The predicted molar refractivity (Wildman–Crippen MR) is 59.7 cm³/mol. The van der Waals surface area contributed by atoms with Crippen LogP contribution in [0.5, 0.6) is 0 Å². The molecule has 0 radical (unpaired) electrons. The maximum Gasteiger partial charge on any atom is 0.220 e. The van der Waals surface area contributed by atoms with Crippen molar-refractivity contribution in [1.82, 2.24) is 10.6 Å². The molecule has 1 aliphatic heterocycles. The third kappa shape index (κ3) is 5.14. The summed E-state index contributed by atoms with van der Waals surface area (Å²) in [5.74, 6) is 0.132. The van der Waals surface area contributed by atoms with E-state index in [0.29, 0.717) is 19.0 Å². The fourth-order valence-electron chi connectivity index (χ4n) is 1.74. The van der Waals surface area contributed by atoms with Crippen LogP contribution >= 0.6 is 0 Å². The molecular formula is C11H22N2O2. The zero-order valence-corrected chi connectivity index (χ0v) is 9.71. The molecule has 0 saturated carbocycles. The van der Waals surface area contributed by atoms with Crippen LogP contribution in [0, 0.1) is 0 Å². The van der Waals surface area contributed by atoms with Crippen LogP contribution in [-0.4, -0.2) is 38.3 Å². The van der Waals surface area contributed by atoms with Crippen LogP contribution in [0.25, 0.3) is 0 Å². The van der Waals surface area contributed by atoms with Gasteiger partial charge in [0.2, 0.25) is 5.91 Å². The molecule has 1 aliphatic rings. The summed E-state index contributed by atoms with van der Waals surface area (Å²) in [7, 11) is 1.65. The molecule has 4 heteroatoms. The lowest BCUT2D eigenvalue weighted by Crippen LogP contribution is -2.32. The van der Waals surface area contributed by atoms with Gasteiger partial charge in [-0.15, -0.1) is 0 Å². The Morgan fingerprint density at radius 1 is 1.67 bits per heavy atom. The first kappa shape index (κ1) is 12.5. The van der Waals surface area contributed by atoms with E-state index in [9.17, 15) is 4.79 Å². The summed E-state index contributed by atoms with van der Waals surface area (Å²) >= 11 is 0. The second-order valence-electron chi connectivity index (χ2n) is 4.18. The number of carbonyl (C=O) groups is 1. The lowest BCUT2D eigenvalue weighted by Gasteiger charge is -2.12. The Bertz CT molecular complexity index is 191. The summed E-state index contributed by atoms with van der Waals surface area (Å²) in [5.41, 5.74) is 0. The molecule has 1 fully saturated rings. The molecule has 0 aromatic heterocycles. The minimum atomic E-state index is 0.0959. The lowest BCUT2D eigenvalue weighted by molar-refractivity contribution is -0.121. The molecule has 15 heavy (non-hydrogen) atoms. The Morgan fingerprint density at radius 3 is 3.07 bits per heavy atom. The van der Waals surface area contributed by atoms with E-state index in [-0.39, 0.29) is 12.0 Å². The van der Waals surface area contributed by atoms with Crippen molar-refractivity contribution in [2.45, 2.75) is 44.8 Å². The van der Waals surface area contributed by atoms with Crippen LogP contribution in [0.3, 0.4) is 0 Å². The summed E-state index contributed by atoms with van der Waals surface area (Å²) in [5, 5.41) is 6.25. The topological polar surface area (TPSA) is 50.4 Å². The molecule has 1 amide bonds. The molecule has 88 valence electrons. The number of hydrogen-bond donors (Lipinski definition) is 2. The van der Waals surface area contributed by atoms with E-state index in [2.05, 4.69) is 10.6 Å². The van der Waals surface area contributed by atoms with Gasteiger partial charge in [0.15, 0.2) is 0 Å². The fourth-order valence-corrected chi connectivity index (χ4v) is 1.74. The van der Waals surface area contributed by atoms with Crippen molar-refractivity contribution < 1.29 is 9.53 Å². The Hall–Kier alpha value is -0.610. The first-order valence-electron chi connectivity index (χ1n) is 5.75. The average molecular weight is 214 g/mol. The third-order valence-electron chi connectivity index (χ3n) is 2.87. The molecule has 2 unspecified atom stereocenters. The van der Waals surface area contributed by atoms with Gasteiger partial charge >= 0.3 is 0 Å². The van der Waals surface area contributed by atoms with Gasteiger partial charge in [-0.3, -0.25) is 4.79 Å². The molecule has 0 aromatic carbocycles. The zero-order chi connectivity index (χ0) is 11.1. The summed E-state index contributed by atoms with van der Waals surface area (Å²) in [4.78, 5) is 11.4. The molecule has 0 aliphatic carbocycles. The van der Waals surface area contributed by atoms with Crippen LogP contribution in [0.2, 0.25) is 0 Å². The summed E-state index contributed by atoms with van der Waals surface area (Å²) < 4.78 is 5.05. The highest BCUT2D eigenvalue weighted by molar-refractivity contribution is 5.75. The van der Waals surface area contributed by atoms with Crippen LogP contribution in [0.1, 0.15) is 32.6 Å². The van der Waals surface area contributed by atoms with Gasteiger partial charge in [-0.1, -0.05) is 0 Å². The third-order valence-corrected chi connectivity index (χ3v) is 2.87. The van der Waals surface area contributed by atoms with E-state index in [4.69, 9.17) is 4.74 Å². The maximum absolute atomic E-state index is 11.4. The number of ether oxygens (including phenoxy) is 1. The molecule has 4 nitrogen and oxygen atoms in total. The van der Waals surface area contributed by atoms with Crippen LogP contribution in [0.15, 0.2) is 0 Å². The highest BCUT2D eigenvalue weighted by Crippen LogP contribution is 2.10. The summed E-state index contributed by atoms with van der Waals surface area (Å²) in [6.07, 6.45) is 4.12. The standard InChI is InChI=1S/C11H22N2O2/c1-9(15-2)8-13-11(14)6-5-10-4-3-7-12-10/h9-10,12H,3-8H2,1-2H3,(H,13,14). The number of nitrogens with one attached hydrogen (secondary N) is 2. The van der Waals surface area contributed by atoms with Crippen molar-refractivity contribution in [2.24, 2.45) is 0 Å². The Balaban J connectivity index is 2.02. The normalized spacial score (nSPS) is 22.7. The first-order valence-corrected chi connectivity index (χ1v) is 5.75. The largest absolute Gasteiger partial charge is 0.380 e. The molecule has 0 spiro atoms. The van der Waals surface area contributed by atoms with Gasteiger partial charge in [0.1, 0.15) is 0 Å². The van der Waals surface area contributed by atoms with E-state index in [1.165, 1.54) is 12.8 Å². The van der Waals surface area contributed by atoms with Gasteiger partial charge in [-0.05, 0) is 32.7 Å². The van der Waals surface area contributed by atoms with E-state index >= 15 is 0 Å². The summed E-state index contributed by atoms with van der Waals surface area (Å²) in [6.45, 7) is 3.65. The minimum absolute atomic E-state index is 0.0959. The van der Waals surface area contributed by atoms with Gasteiger partial charge in [-0.2, -0.15) is 0 Å². The first-order chi connectivity index (χ1) is 7.22. The van der Waals surface area contributed by atoms with Gasteiger partial charge in [0.05, 0.1) is 6.10 Å². The number of rotatable bonds is 6. The molecule has 2 N–H and O–H groups in total. The van der Waals surface area contributed by atoms with Crippen molar-refractivity contribution in [2.75, 3.05) is 20.2 Å². The van der Waals surface area contributed by atoms with Crippen molar-refractivity contribution in [1.29, 1.82) is 0 Å². The highest BCUT2D eigenvalue weighted by atomic mass is 16.5. The SMILES string of the molecule is COC(C)CNC(=O)CCC1CCCN1. The zero-order valence-electron chi connectivity index (χ0n) is 9.71. The highest BCUT2D eigenvalue weighted by Gasteiger charge is 2.15. The Kier molecular flexibility index (Phi) is 5.65. The molecule has 0 aromatic rings. The average Bonchev–Trinajstić information content (AvgIpc) is 2.75. The van der Waals surface area contributed by atoms with E-state index in [0.717, 1.165) is 13.0 Å². The van der Waals surface area contributed by atoms with Crippen LogP contribution in [-0.2, 0) is 9.53 Å². The molecule has 1 rings (SSSR count). The number of hydrogen-bond acceptors (Lipinski definition) is 3. The monoisotopic (exact) mass is 214 g/mol. The molecule has 2 atom stereocenters. The lowest BCUT2D eigenvalue weighted by atomic mass is 10.1. The second kappa shape index (κ2) is 6.80.